The van der Waals surface area contributed by atoms with Crippen molar-refractivity contribution in [1.29, 1.82) is 0 Å². The zero-order valence-corrected chi connectivity index (χ0v) is 20.8. The van der Waals surface area contributed by atoms with E-state index < -0.39 is 0 Å². The van der Waals surface area contributed by atoms with E-state index in [2.05, 4.69) is 44.2 Å². The Balaban J connectivity index is 1.29. The lowest BCUT2D eigenvalue weighted by molar-refractivity contribution is 0.235. The van der Waals surface area contributed by atoms with Crippen molar-refractivity contribution in [2.45, 2.75) is 129 Å². The molecule has 0 amide bonds. The molecule has 174 valence electrons. The fraction of sp³-hybridized carbons (Fsp3) is 0.742. The summed E-state index contributed by atoms with van der Waals surface area (Å²) in [6.45, 7) is 4.62. The molecule has 0 heterocycles. The third kappa shape index (κ3) is 9.15. The monoisotopic (exact) mass is 422 g/mol. The van der Waals surface area contributed by atoms with Crippen molar-refractivity contribution in [3.63, 3.8) is 0 Å². The van der Waals surface area contributed by atoms with Crippen LogP contribution in [0.15, 0.2) is 35.9 Å². The van der Waals surface area contributed by atoms with E-state index in [-0.39, 0.29) is 0 Å². The van der Waals surface area contributed by atoms with Crippen molar-refractivity contribution >= 4 is 0 Å². The maximum atomic E-state index is 2.62. The van der Waals surface area contributed by atoms with Crippen LogP contribution in [-0.4, -0.2) is 0 Å². The molecular weight excluding hydrogens is 372 g/mol. The van der Waals surface area contributed by atoms with Crippen LogP contribution in [0.1, 0.15) is 128 Å². The van der Waals surface area contributed by atoms with Crippen LogP contribution < -0.4 is 0 Å². The Morgan fingerprint density at radius 3 is 1.84 bits per heavy atom. The Labute approximate surface area is 194 Å². The summed E-state index contributed by atoms with van der Waals surface area (Å²) in [6.07, 6.45) is 28.0. The zero-order chi connectivity index (χ0) is 21.7. The van der Waals surface area contributed by atoms with Gasteiger partial charge in [-0.2, -0.15) is 0 Å². The predicted octanol–water partition coefficient (Wildman–Crippen LogP) is 9.86. The van der Waals surface area contributed by atoms with Crippen molar-refractivity contribution in [2.24, 2.45) is 17.8 Å². The number of hydrogen-bond donors (Lipinski definition) is 0. The second-order valence-corrected chi connectivity index (χ2v) is 10.9. The molecule has 0 aliphatic heterocycles. The first-order valence-electron chi connectivity index (χ1n) is 14.0. The van der Waals surface area contributed by atoms with Gasteiger partial charge in [-0.05, 0) is 80.2 Å². The van der Waals surface area contributed by atoms with Crippen LogP contribution >= 0.6 is 0 Å². The average molecular weight is 423 g/mol. The summed E-state index contributed by atoms with van der Waals surface area (Å²) in [6, 6.07) is 9.50. The summed E-state index contributed by atoms with van der Waals surface area (Å²) in [5.41, 5.74) is 4.78. The lowest BCUT2D eigenvalue weighted by Gasteiger charge is -2.30. The van der Waals surface area contributed by atoms with E-state index in [4.69, 9.17) is 0 Å². The van der Waals surface area contributed by atoms with Gasteiger partial charge < -0.3 is 0 Å². The highest BCUT2D eigenvalue weighted by molar-refractivity contribution is 5.23. The number of benzene rings is 1. The number of hydrogen-bond acceptors (Lipinski definition) is 0. The average Bonchev–Trinajstić information content (AvgIpc) is 2.82. The van der Waals surface area contributed by atoms with Crippen molar-refractivity contribution in [2.75, 3.05) is 0 Å². The Bertz CT molecular complexity index is 614. The van der Waals surface area contributed by atoms with Gasteiger partial charge in [-0.1, -0.05) is 114 Å². The van der Waals surface area contributed by atoms with Crippen molar-refractivity contribution in [3.05, 3.63) is 47.0 Å². The number of unbranched alkanes of at least 4 members (excludes halogenated alkanes) is 3. The van der Waals surface area contributed by atoms with Crippen LogP contribution in [0.2, 0.25) is 0 Å². The van der Waals surface area contributed by atoms with Crippen molar-refractivity contribution in [3.8, 4) is 0 Å². The zero-order valence-electron chi connectivity index (χ0n) is 20.8. The highest BCUT2D eigenvalue weighted by Crippen LogP contribution is 2.37. The molecule has 1 saturated carbocycles. The third-order valence-corrected chi connectivity index (χ3v) is 8.36. The molecule has 0 N–H and O–H groups in total. The van der Waals surface area contributed by atoms with Gasteiger partial charge in [0, 0.05) is 0 Å². The minimum atomic E-state index is 0.976. The molecule has 1 unspecified atom stereocenters. The van der Waals surface area contributed by atoms with Crippen molar-refractivity contribution < 1.29 is 0 Å². The molecule has 0 aromatic heterocycles. The molecule has 31 heavy (non-hydrogen) atoms. The smallest absolute Gasteiger partial charge is 0.0241 e. The highest BCUT2D eigenvalue weighted by Gasteiger charge is 2.22. The van der Waals surface area contributed by atoms with Gasteiger partial charge in [-0.25, -0.2) is 0 Å². The fourth-order valence-corrected chi connectivity index (χ4v) is 5.96. The molecule has 1 aromatic rings. The molecule has 1 atom stereocenters. The first kappa shape index (κ1) is 24.6. The fourth-order valence-electron chi connectivity index (χ4n) is 5.96. The predicted molar refractivity (Wildman–Crippen MR) is 138 cm³/mol. The van der Waals surface area contributed by atoms with Gasteiger partial charge in [0.15, 0.2) is 0 Å². The summed E-state index contributed by atoms with van der Waals surface area (Å²) in [4.78, 5) is 0. The quantitative estimate of drug-likeness (QED) is 0.219. The second-order valence-electron chi connectivity index (χ2n) is 10.9. The summed E-state index contributed by atoms with van der Waals surface area (Å²) in [7, 11) is 0. The van der Waals surface area contributed by atoms with Gasteiger partial charge in [-0.15, -0.1) is 0 Å². The largest absolute Gasteiger partial charge is 0.0850 e. The summed E-state index contributed by atoms with van der Waals surface area (Å²) in [5, 5.41) is 0. The molecule has 2 aliphatic rings. The maximum absolute atomic E-state index is 2.62. The van der Waals surface area contributed by atoms with E-state index in [1.807, 2.05) is 0 Å². The molecule has 1 fully saturated rings. The van der Waals surface area contributed by atoms with E-state index in [0.29, 0.717) is 0 Å². The summed E-state index contributed by atoms with van der Waals surface area (Å²) < 4.78 is 0. The maximum Gasteiger partial charge on any atom is -0.0241 e. The third-order valence-electron chi connectivity index (χ3n) is 8.36. The van der Waals surface area contributed by atoms with Crippen LogP contribution in [0, 0.1) is 17.8 Å². The Kier molecular flexibility index (Phi) is 11.3. The molecule has 0 radical (unpaired) electrons. The molecule has 3 rings (SSSR count). The SMILES string of the molecule is CCCCCc1ccc(CCC2=CCC(CC[C@H]3CC[C@H](CCCC)CC3)CC2)cc1. The Hall–Kier alpha value is -1.04. The van der Waals surface area contributed by atoms with E-state index in [9.17, 15) is 0 Å². The normalized spacial score (nSPS) is 24.2. The Morgan fingerprint density at radius 2 is 1.23 bits per heavy atom. The molecule has 0 spiro atoms. The molecule has 2 aliphatic carbocycles. The van der Waals surface area contributed by atoms with E-state index >= 15 is 0 Å². The van der Waals surface area contributed by atoms with Crippen LogP contribution in [0.4, 0.5) is 0 Å². The van der Waals surface area contributed by atoms with Crippen LogP contribution in [-0.2, 0) is 12.8 Å². The van der Waals surface area contributed by atoms with E-state index in [0.717, 1.165) is 17.8 Å². The molecular formula is C31H50. The molecule has 0 heteroatoms. The highest BCUT2D eigenvalue weighted by atomic mass is 14.3. The minimum absolute atomic E-state index is 0.976. The van der Waals surface area contributed by atoms with Gasteiger partial charge in [0.05, 0.1) is 0 Å². The first-order valence-corrected chi connectivity index (χ1v) is 14.0. The topological polar surface area (TPSA) is 0 Å². The molecule has 0 saturated heterocycles. The second kappa shape index (κ2) is 14.2. The summed E-state index contributed by atoms with van der Waals surface area (Å²) >= 11 is 0. The number of rotatable bonds is 13. The first-order chi connectivity index (χ1) is 15.3. The van der Waals surface area contributed by atoms with Gasteiger partial charge >= 0.3 is 0 Å². The standard InChI is InChI=1S/C31H50/c1-3-5-7-9-27-12-16-29(17-13-27)19-21-31-24-22-30(23-25-31)20-18-28-14-10-26(11-15-28)8-6-4-2/h12-13,16-17,24,26,28,30H,3-11,14-15,18-23,25H2,1-2H3/t26-,28-,30?. The molecule has 1 aromatic carbocycles. The van der Waals surface area contributed by atoms with Crippen LogP contribution in [0.5, 0.6) is 0 Å². The van der Waals surface area contributed by atoms with Crippen LogP contribution in [0.3, 0.4) is 0 Å². The molecule has 0 nitrogen and oxygen atoms in total. The van der Waals surface area contributed by atoms with Gasteiger partial charge in [0.1, 0.15) is 0 Å². The Morgan fingerprint density at radius 1 is 0.613 bits per heavy atom. The molecule has 0 bridgehead atoms. The number of allylic oxidation sites excluding steroid dienone is 2. The van der Waals surface area contributed by atoms with Crippen molar-refractivity contribution in [1.82, 2.24) is 0 Å². The van der Waals surface area contributed by atoms with E-state index in [1.165, 1.54) is 127 Å². The lowest BCUT2D eigenvalue weighted by atomic mass is 9.76. The van der Waals surface area contributed by atoms with Gasteiger partial charge in [-0.3, -0.25) is 0 Å². The van der Waals surface area contributed by atoms with Gasteiger partial charge in [0.25, 0.3) is 0 Å². The lowest BCUT2D eigenvalue weighted by Crippen LogP contribution is -2.16. The number of aryl methyl sites for hydroxylation is 2. The summed E-state index contributed by atoms with van der Waals surface area (Å²) in [5.74, 6) is 3.09. The minimum Gasteiger partial charge on any atom is -0.0850 e. The van der Waals surface area contributed by atoms with Crippen LogP contribution in [0.25, 0.3) is 0 Å². The van der Waals surface area contributed by atoms with E-state index in [1.54, 1.807) is 5.57 Å². The van der Waals surface area contributed by atoms with Gasteiger partial charge in [0.2, 0.25) is 0 Å².